The number of benzene rings is 2. The number of hydrogen-bond donors (Lipinski definition) is 2. The number of aromatic nitrogens is 6. The van der Waals surface area contributed by atoms with Crippen LogP contribution in [0, 0.1) is 0 Å². The van der Waals surface area contributed by atoms with Crippen LogP contribution in [0.2, 0.25) is 0 Å². The second-order valence-electron chi connectivity index (χ2n) is 6.79. The van der Waals surface area contributed by atoms with Crippen LogP contribution in [0.15, 0.2) is 60.7 Å². The van der Waals surface area contributed by atoms with Gasteiger partial charge in [-0.1, -0.05) is 54.6 Å². The molecule has 2 aromatic heterocycles. The summed E-state index contributed by atoms with van der Waals surface area (Å²) in [7, 11) is 1.68. The molecule has 0 saturated carbocycles. The van der Waals surface area contributed by atoms with Gasteiger partial charge in [0.05, 0.1) is 7.11 Å². The van der Waals surface area contributed by atoms with Gasteiger partial charge >= 0.3 is 0 Å². The van der Waals surface area contributed by atoms with Gasteiger partial charge in [0.1, 0.15) is 11.4 Å². The predicted molar refractivity (Wildman–Crippen MR) is 105 cm³/mol. The molecule has 0 bridgehead atoms. The van der Waals surface area contributed by atoms with Gasteiger partial charge in [-0.05, 0) is 33.7 Å². The first kappa shape index (κ1) is 16.4. The number of fused-ring (bicyclic) bond motifs is 1. The van der Waals surface area contributed by atoms with Gasteiger partial charge in [-0.25, -0.2) is 5.10 Å². The molecule has 1 unspecified atom stereocenters. The number of H-pyrrole nitrogens is 2. The summed E-state index contributed by atoms with van der Waals surface area (Å²) in [6.07, 6.45) is 5.11. The van der Waals surface area contributed by atoms with E-state index in [0.29, 0.717) is 5.82 Å². The van der Waals surface area contributed by atoms with Crippen LogP contribution in [0.3, 0.4) is 0 Å². The minimum atomic E-state index is -0.302. The van der Waals surface area contributed by atoms with Crippen molar-refractivity contribution in [2.75, 3.05) is 7.11 Å². The Labute approximate surface area is 161 Å². The van der Waals surface area contributed by atoms with Crippen molar-refractivity contribution in [1.82, 2.24) is 30.8 Å². The van der Waals surface area contributed by atoms with Gasteiger partial charge < -0.3 is 4.74 Å². The van der Waals surface area contributed by atoms with Gasteiger partial charge in [0.15, 0.2) is 0 Å². The highest BCUT2D eigenvalue weighted by molar-refractivity contribution is 5.73. The van der Waals surface area contributed by atoms with Crippen LogP contribution in [0.4, 0.5) is 0 Å². The van der Waals surface area contributed by atoms with Crippen molar-refractivity contribution in [3.63, 3.8) is 0 Å². The Morgan fingerprint density at radius 3 is 2.46 bits per heavy atom. The molecule has 28 heavy (non-hydrogen) atoms. The zero-order valence-electron chi connectivity index (χ0n) is 15.3. The molecule has 2 N–H and O–H groups in total. The quantitative estimate of drug-likeness (QED) is 0.576. The van der Waals surface area contributed by atoms with Gasteiger partial charge in [-0.2, -0.15) is 5.10 Å². The van der Waals surface area contributed by atoms with Gasteiger partial charge in [-0.15, -0.1) is 5.10 Å². The summed E-state index contributed by atoms with van der Waals surface area (Å²) < 4.78 is 5.34. The first-order valence-electron chi connectivity index (χ1n) is 9.01. The third-order valence-electron chi connectivity index (χ3n) is 5.34. The lowest BCUT2D eigenvalue weighted by Gasteiger charge is -2.34. The van der Waals surface area contributed by atoms with Crippen LogP contribution < -0.4 is 4.74 Å². The summed E-state index contributed by atoms with van der Waals surface area (Å²) in [6.45, 7) is 0. The van der Waals surface area contributed by atoms with E-state index in [-0.39, 0.29) is 5.41 Å². The van der Waals surface area contributed by atoms with E-state index in [1.807, 2.05) is 18.2 Å². The van der Waals surface area contributed by atoms with Gasteiger partial charge in [0.25, 0.3) is 0 Å². The van der Waals surface area contributed by atoms with Crippen LogP contribution in [-0.4, -0.2) is 37.9 Å². The topological polar surface area (TPSA) is 92.4 Å². The molecular weight excluding hydrogens is 352 g/mol. The fourth-order valence-corrected chi connectivity index (χ4v) is 3.89. The number of nitrogens with zero attached hydrogens (tertiary/aromatic N) is 4. The van der Waals surface area contributed by atoms with Gasteiger partial charge in [-0.3, -0.25) is 5.10 Å². The monoisotopic (exact) mass is 370 g/mol. The summed E-state index contributed by atoms with van der Waals surface area (Å²) in [5.74, 6) is 1.40. The summed E-state index contributed by atoms with van der Waals surface area (Å²) in [5, 5.41) is 21.7. The van der Waals surface area contributed by atoms with Crippen LogP contribution in [0.5, 0.6) is 5.75 Å². The number of methoxy groups -OCH3 is 1. The van der Waals surface area contributed by atoms with Crippen molar-refractivity contribution in [2.24, 2.45) is 0 Å². The zero-order chi connectivity index (χ0) is 19.0. The maximum atomic E-state index is 5.34. The van der Waals surface area contributed by atoms with Crippen molar-refractivity contribution < 1.29 is 4.74 Å². The van der Waals surface area contributed by atoms with E-state index in [1.54, 1.807) is 7.11 Å². The van der Waals surface area contributed by atoms with Crippen LogP contribution >= 0.6 is 0 Å². The number of tetrazole rings is 1. The number of aromatic amines is 2. The average Bonchev–Trinajstić information content (AvgIpc) is 3.43. The van der Waals surface area contributed by atoms with E-state index in [0.717, 1.165) is 29.1 Å². The first-order valence-corrected chi connectivity index (χ1v) is 9.01. The molecule has 0 saturated heterocycles. The standard InChI is InChI=1S/C21H18N6O/c1-28-16-9-7-15(8-10-16)21(14-5-3-2-4-6-14)12-11-17-18(13-21)22-23-19(17)20-24-26-27-25-20/h2-12H,13H2,1H3,(H,22,23)(H,24,25,26,27). The number of allylic oxidation sites excluding steroid dienone is 1. The predicted octanol–water partition coefficient (Wildman–Crippen LogP) is 3.15. The fraction of sp³-hybridized carbons (Fsp3) is 0.143. The minimum absolute atomic E-state index is 0.302. The van der Waals surface area contributed by atoms with Gasteiger partial charge in [0.2, 0.25) is 5.82 Å². The number of rotatable bonds is 4. The molecule has 5 rings (SSSR count). The summed E-state index contributed by atoms with van der Waals surface area (Å²) >= 11 is 0. The fourth-order valence-electron chi connectivity index (χ4n) is 3.89. The van der Waals surface area contributed by atoms with Crippen LogP contribution in [0.25, 0.3) is 17.6 Å². The first-order chi connectivity index (χ1) is 13.8. The van der Waals surface area contributed by atoms with E-state index in [9.17, 15) is 0 Å². The zero-order valence-corrected chi connectivity index (χ0v) is 15.3. The van der Waals surface area contributed by atoms with E-state index in [4.69, 9.17) is 4.74 Å². The normalized spacial score (nSPS) is 18.0. The number of ether oxygens (including phenoxy) is 1. The molecule has 0 amide bonds. The van der Waals surface area contributed by atoms with E-state index in [1.165, 1.54) is 11.1 Å². The molecule has 138 valence electrons. The van der Waals surface area contributed by atoms with Crippen molar-refractivity contribution in [1.29, 1.82) is 0 Å². The Hall–Kier alpha value is -3.74. The smallest absolute Gasteiger partial charge is 0.200 e. The minimum Gasteiger partial charge on any atom is -0.497 e. The molecule has 7 nitrogen and oxygen atoms in total. The van der Waals surface area contributed by atoms with Crippen molar-refractivity contribution in [2.45, 2.75) is 11.8 Å². The van der Waals surface area contributed by atoms with Crippen molar-refractivity contribution >= 4 is 6.08 Å². The maximum Gasteiger partial charge on any atom is 0.200 e. The Balaban J connectivity index is 1.65. The van der Waals surface area contributed by atoms with Crippen LogP contribution in [0.1, 0.15) is 22.4 Å². The summed E-state index contributed by atoms with van der Waals surface area (Å²) in [4.78, 5) is 0. The lowest BCUT2D eigenvalue weighted by Crippen LogP contribution is -2.30. The second kappa shape index (κ2) is 6.45. The summed E-state index contributed by atoms with van der Waals surface area (Å²) in [5.41, 5.74) is 4.91. The average molecular weight is 370 g/mol. The molecule has 4 aromatic rings. The van der Waals surface area contributed by atoms with Crippen molar-refractivity contribution in [3.05, 3.63) is 83.1 Å². The molecule has 1 atom stereocenters. The number of nitrogens with one attached hydrogen (secondary N) is 2. The van der Waals surface area contributed by atoms with Crippen LogP contribution in [-0.2, 0) is 11.8 Å². The molecule has 0 aliphatic heterocycles. The Morgan fingerprint density at radius 2 is 1.75 bits per heavy atom. The third kappa shape index (κ3) is 2.51. The maximum absolute atomic E-state index is 5.34. The highest BCUT2D eigenvalue weighted by atomic mass is 16.5. The number of hydrogen-bond acceptors (Lipinski definition) is 5. The Morgan fingerprint density at radius 1 is 0.964 bits per heavy atom. The largest absolute Gasteiger partial charge is 0.497 e. The Kier molecular flexibility index (Phi) is 3.79. The highest BCUT2D eigenvalue weighted by Gasteiger charge is 2.36. The van der Waals surface area contributed by atoms with E-state index >= 15 is 0 Å². The summed E-state index contributed by atoms with van der Waals surface area (Å²) in [6, 6.07) is 18.8. The SMILES string of the molecule is COc1ccc(C2(c3ccccc3)C=Cc3c(-c4nnn[nH]4)n[nH]c3C2)cc1. The molecule has 1 aliphatic rings. The van der Waals surface area contributed by atoms with E-state index < -0.39 is 0 Å². The lowest BCUT2D eigenvalue weighted by atomic mass is 9.68. The van der Waals surface area contributed by atoms with Gasteiger partial charge in [0, 0.05) is 23.1 Å². The molecule has 1 aliphatic carbocycles. The molecule has 2 aromatic carbocycles. The Bertz CT molecular complexity index is 1120. The molecule has 7 heteroatoms. The molecular formula is C21H18N6O. The second-order valence-corrected chi connectivity index (χ2v) is 6.79. The lowest BCUT2D eigenvalue weighted by molar-refractivity contribution is 0.414. The molecule has 0 spiro atoms. The molecule has 0 radical (unpaired) electrons. The molecule has 0 fully saturated rings. The highest BCUT2D eigenvalue weighted by Crippen LogP contribution is 2.42. The third-order valence-corrected chi connectivity index (χ3v) is 5.34. The van der Waals surface area contributed by atoms with E-state index in [2.05, 4.69) is 79.4 Å². The molecule has 2 heterocycles. The van der Waals surface area contributed by atoms with Crippen molar-refractivity contribution in [3.8, 4) is 17.3 Å².